The quantitative estimate of drug-likeness (QED) is 0.680. The molecule has 0 saturated carbocycles. The van der Waals surface area contributed by atoms with E-state index in [1.165, 1.54) is 5.56 Å². The van der Waals surface area contributed by atoms with E-state index < -0.39 is 0 Å². The first-order chi connectivity index (χ1) is 6.79. The van der Waals surface area contributed by atoms with Gasteiger partial charge in [-0.15, -0.1) is 0 Å². The van der Waals surface area contributed by atoms with Gasteiger partial charge in [0.05, 0.1) is 18.6 Å². The second-order valence-corrected chi connectivity index (χ2v) is 3.58. The van der Waals surface area contributed by atoms with E-state index in [9.17, 15) is 0 Å². The maximum atomic E-state index is 5.42. The van der Waals surface area contributed by atoms with Crippen LogP contribution in [0.2, 0.25) is 0 Å². The van der Waals surface area contributed by atoms with E-state index in [-0.39, 0.29) is 0 Å². The van der Waals surface area contributed by atoms with Crippen molar-refractivity contribution in [3.05, 3.63) is 24.2 Å². The van der Waals surface area contributed by atoms with Crippen LogP contribution in [0, 0.1) is 0 Å². The van der Waals surface area contributed by atoms with Crippen molar-refractivity contribution < 1.29 is 9.15 Å². The van der Waals surface area contributed by atoms with E-state index in [4.69, 9.17) is 9.15 Å². The van der Waals surface area contributed by atoms with Gasteiger partial charge < -0.3 is 14.5 Å². The third-order valence-electron chi connectivity index (χ3n) is 1.86. The molecular weight excluding hydrogens is 178 g/mol. The molecule has 0 unspecified atom stereocenters. The van der Waals surface area contributed by atoms with Crippen LogP contribution in [0.15, 0.2) is 23.0 Å². The minimum Gasteiger partial charge on any atom is -0.472 e. The van der Waals surface area contributed by atoms with E-state index in [0.29, 0.717) is 6.10 Å². The molecule has 14 heavy (non-hydrogen) atoms. The first kappa shape index (κ1) is 11.3. The first-order valence-corrected chi connectivity index (χ1v) is 5.12. The molecule has 0 amide bonds. The lowest BCUT2D eigenvalue weighted by molar-refractivity contribution is 0.0770. The summed E-state index contributed by atoms with van der Waals surface area (Å²) in [5.41, 5.74) is 1.19. The molecule has 0 spiro atoms. The zero-order valence-corrected chi connectivity index (χ0v) is 8.95. The molecule has 0 aliphatic carbocycles. The zero-order valence-electron chi connectivity index (χ0n) is 8.95. The van der Waals surface area contributed by atoms with Gasteiger partial charge in [0.15, 0.2) is 0 Å². The molecule has 1 aromatic rings. The summed E-state index contributed by atoms with van der Waals surface area (Å²) in [5.74, 6) is 0. The van der Waals surface area contributed by atoms with Gasteiger partial charge in [0.25, 0.3) is 0 Å². The molecule has 3 nitrogen and oxygen atoms in total. The van der Waals surface area contributed by atoms with Crippen molar-refractivity contribution in [3.63, 3.8) is 0 Å². The third kappa shape index (κ3) is 5.04. The van der Waals surface area contributed by atoms with Crippen LogP contribution in [-0.2, 0) is 11.3 Å². The van der Waals surface area contributed by atoms with E-state index in [0.717, 1.165) is 26.1 Å². The molecule has 1 N–H and O–H groups in total. The van der Waals surface area contributed by atoms with Crippen LogP contribution in [-0.4, -0.2) is 19.3 Å². The number of hydrogen-bond donors (Lipinski definition) is 1. The summed E-state index contributed by atoms with van der Waals surface area (Å²) in [6.07, 6.45) is 4.84. The molecule has 0 saturated heterocycles. The molecular formula is C11H19NO2. The average molecular weight is 197 g/mol. The molecule has 0 bridgehead atoms. The van der Waals surface area contributed by atoms with Crippen molar-refractivity contribution in [2.45, 2.75) is 32.9 Å². The van der Waals surface area contributed by atoms with Crippen LogP contribution >= 0.6 is 0 Å². The van der Waals surface area contributed by atoms with Crippen LogP contribution < -0.4 is 5.32 Å². The molecule has 1 heterocycles. The summed E-state index contributed by atoms with van der Waals surface area (Å²) in [4.78, 5) is 0. The van der Waals surface area contributed by atoms with Crippen molar-refractivity contribution in [1.82, 2.24) is 5.32 Å². The first-order valence-electron chi connectivity index (χ1n) is 5.12. The Balaban J connectivity index is 1.90. The van der Waals surface area contributed by atoms with Gasteiger partial charge in [-0.25, -0.2) is 0 Å². The Kier molecular flexibility index (Phi) is 5.33. The molecule has 0 atom stereocenters. The highest BCUT2D eigenvalue weighted by atomic mass is 16.5. The van der Waals surface area contributed by atoms with Crippen LogP contribution in [0.5, 0.6) is 0 Å². The second-order valence-electron chi connectivity index (χ2n) is 3.58. The molecule has 1 rings (SSSR count). The number of ether oxygens (including phenoxy) is 1. The van der Waals surface area contributed by atoms with Crippen LogP contribution in [0.1, 0.15) is 25.8 Å². The van der Waals surface area contributed by atoms with Crippen molar-refractivity contribution >= 4 is 0 Å². The lowest BCUT2D eigenvalue weighted by Gasteiger charge is -2.07. The van der Waals surface area contributed by atoms with Crippen molar-refractivity contribution in [3.8, 4) is 0 Å². The van der Waals surface area contributed by atoms with Gasteiger partial charge in [-0.1, -0.05) is 0 Å². The summed E-state index contributed by atoms with van der Waals surface area (Å²) in [7, 11) is 0. The van der Waals surface area contributed by atoms with Gasteiger partial charge in [-0.3, -0.25) is 0 Å². The van der Waals surface area contributed by atoms with Crippen molar-refractivity contribution in [1.29, 1.82) is 0 Å². The number of nitrogens with one attached hydrogen (secondary N) is 1. The number of furan rings is 1. The fourth-order valence-electron chi connectivity index (χ4n) is 1.14. The maximum Gasteiger partial charge on any atom is 0.0947 e. The van der Waals surface area contributed by atoms with Crippen molar-refractivity contribution in [2.75, 3.05) is 13.2 Å². The van der Waals surface area contributed by atoms with Gasteiger partial charge in [0.1, 0.15) is 0 Å². The normalized spacial score (nSPS) is 11.1. The van der Waals surface area contributed by atoms with Gasteiger partial charge >= 0.3 is 0 Å². The Labute approximate surface area is 85.4 Å². The molecule has 0 aliphatic heterocycles. The van der Waals surface area contributed by atoms with E-state index in [1.54, 1.807) is 12.5 Å². The predicted molar refractivity (Wildman–Crippen MR) is 56.1 cm³/mol. The highest BCUT2D eigenvalue weighted by molar-refractivity contribution is 5.04. The Morgan fingerprint density at radius 3 is 3.00 bits per heavy atom. The molecule has 3 heteroatoms. The lowest BCUT2D eigenvalue weighted by Crippen LogP contribution is -2.16. The largest absolute Gasteiger partial charge is 0.472 e. The van der Waals surface area contributed by atoms with Gasteiger partial charge in [0, 0.05) is 18.7 Å². The summed E-state index contributed by atoms with van der Waals surface area (Å²) in [6.45, 7) is 6.80. The minimum atomic E-state index is 0.337. The Morgan fingerprint density at radius 1 is 1.50 bits per heavy atom. The number of hydrogen-bond acceptors (Lipinski definition) is 3. The van der Waals surface area contributed by atoms with Crippen LogP contribution in [0.4, 0.5) is 0 Å². The van der Waals surface area contributed by atoms with Crippen LogP contribution in [0.3, 0.4) is 0 Å². The fraction of sp³-hybridized carbons (Fsp3) is 0.636. The molecule has 0 aliphatic rings. The summed E-state index contributed by atoms with van der Waals surface area (Å²) < 4.78 is 10.4. The maximum absolute atomic E-state index is 5.42. The van der Waals surface area contributed by atoms with Crippen LogP contribution in [0.25, 0.3) is 0 Å². The molecule has 0 aromatic carbocycles. The fourth-order valence-corrected chi connectivity index (χ4v) is 1.14. The smallest absolute Gasteiger partial charge is 0.0947 e. The minimum absolute atomic E-state index is 0.337. The van der Waals surface area contributed by atoms with Gasteiger partial charge in [0.2, 0.25) is 0 Å². The molecule has 0 radical (unpaired) electrons. The number of rotatable bonds is 7. The van der Waals surface area contributed by atoms with E-state index in [1.807, 2.05) is 6.07 Å². The SMILES string of the molecule is CC(C)OCCCNCc1ccoc1. The van der Waals surface area contributed by atoms with Gasteiger partial charge in [-0.2, -0.15) is 0 Å². The summed E-state index contributed by atoms with van der Waals surface area (Å²) in [5, 5.41) is 3.32. The third-order valence-corrected chi connectivity index (χ3v) is 1.86. The molecule has 80 valence electrons. The Morgan fingerprint density at radius 2 is 2.36 bits per heavy atom. The summed E-state index contributed by atoms with van der Waals surface area (Å²) >= 11 is 0. The Bertz CT molecular complexity index is 219. The van der Waals surface area contributed by atoms with E-state index >= 15 is 0 Å². The standard InChI is InChI=1S/C11H19NO2/c1-10(2)14-6-3-5-12-8-11-4-7-13-9-11/h4,7,9-10,12H,3,5-6,8H2,1-2H3. The lowest BCUT2D eigenvalue weighted by atomic mass is 10.3. The monoisotopic (exact) mass is 197 g/mol. The molecule has 0 fully saturated rings. The Hall–Kier alpha value is -0.800. The summed E-state index contributed by atoms with van der Waals surface area (Å²) in [6, 6.07) is 1.97. The average Bonchev–Trinajstić information content (AvgIpc) is 2.63. The highest BCUT2D eigenvalue weighted by Gasteiger charge is 1.94. The predicted octanol–water partition coefficient (Wildman–Crippen LogP) is 2.18. The zero-order chi connectivity index (χ0) is 10.2. The molecule has 1 aromatic heterocycles. The van der Waals surface area contributed by atoms with E-state index in [2.05, 4.69) is 19.2 Å². The second kappa shape index (κ2) is 6.62. The topological polar surface area (TPSA) is 34.4 Å². The van der Waals surface area contributed by atoms with Crippen molar-refractivity contribution in [2.24, 2.45) is 0 Å². The highest BCUT2D eigenvalue weighted by Crippen LogP contribution is 1.98. The van der Waals surface area contributed by atoms with Gasteiger partial charge in [-0.05, 0) is 32.9 Å².